The van der Waals surface area contributed by atoms with Crippen molar-refractivity contribution in [3.05, 3.63) is 0 Å². The molecule has 2 aliphatic heterocycles. The maximum absolute atomic E-state index is 12.1. The molecule has 0 spiro atoms. The van der Waals surface area contributed by atoms with Gasteiger partial charge in [-0.2, -0.15) is 0 Å². The van der Waals surface area contributed by atoms with Crippen LogP contribution in [0.25, 0.3) is 0 Å². The average molecular weight is 322 g/mol. The smallest absolute Gasteiger partial charge is 0.434 e. The number of rotatable bonds is 6. The van der Waals surface area contributed by atoms with Crippen LogP contribution in [0.15, 0.2) is 0 Å². The van der Waals surface area contributed by atoms with Gasteiger partial charge >= 0.3 is 6.16 Å². The van der Waals surface area contributed by atoms with Crippen LogP contribution in [-0.2, 0) is 14.3 Å². The van der Waals surface area contributed by atoms with Crippen LogP contribution in [0.4, 0.5) is 4.79 Å². The average Bonchev–Trinajstić information content (AvgIpc) is 3.16. The van der Waals surface area contributed by atoms with E-state index in [9.17, 15) is 9.59 Å². The van der Waals surface area contributed by atoms with Crippen molar-refractivity contribution in [3.63, 3.8) is 0 Å². The Kier molecular flexibility index (Phi) is 7.21. The fraction of sp³-hybridized carbons (Fsp3) is 0.765. The minimum absolute atomic E-state index is 0.173. The molecule has 0 aliphatic carbocycles. The highest BCUT2D eigenvalue weighted by molar-refractivity contribution is 5.85. The third-order valence-electron chi connectivity index (χ3n) is 4.10. The number of hydrogen-bond acceptors (Lipinski definition) is 5. The van der Waals surface area contributed by atoms with Gasteiger partial charge in [0.25, 0.3) is 5.91 Å². The molecule has 23 heavy (non-hydrogen) atoms. The third kappa shape index (κ3) is 5.76. The predicted octanol–water partition coefficient (Wildman–Crippen LogP) is 1.64. The molecule has 0 N–H and O–H groups in total. The van der Waals surface area contributed by atoms with Gasteiger partial charge in [-0.1, -0.05) is 25.2 Å². The molecule has 6 heteroatoms. The Hall–Kier alpha value is -1.74. The number of amides is 1. The van der Waals surface area contributed by atoms with Crippen molar-refractivity contribution in [2.24, 2.45) is 0 Å². The largest absolute Gasteiger partial charge is 0.509 e. The van der Waals surface area contributed by atoms with Crippen molar-refractivity contribution in [2.75, 3.05) is 39.3 Å². The third-order valence-corrected chi connectivity index (χ3v) is 4.10. The molecule has 0 aromatic carbocycles. The summed E-state index contributed by atoms with van der Waals surface area (Å²) in [5.74, 6) is 5.98. The summed E-state index contributed by atoms with van der Waals surface area (Å²) in [6, 6.07) is 0. The molecule has 2 heterocycles. The topological polar surface area (TPSA) is 59.1 Å². The van der Waals surface area contributed by atoms with Gasteiger partial charge in [0.1, 0.15) is 0 Å². The standard InChI is InChI=1S/C17H26N2O4/c1-2-3-14-22-17(21)23-15-8-13-19(16(15)20)12-7-6-11-18-9-4-5-10-18/h15H,2-5,8-14H2,1H3/t15-/m1/s1. The summed E-state index contributed by atoms with van der Waals surface area (Å²) in [7, 11) is 0. The second kappa shape index (κ2) is 9.41. The van der Waals surface area contributed by atoms with Gasteiger partial charge in [0.15, 0.2) is 6.10 Å². The van der Waals surface area contributed by atoms with Gasteiger partial charge in [0.2, 0.25) is 0 Å². The quantitative estimate of drug-likeness (QED) is 0.423. The lowest BCUT2D eigenvalue weighted by Gasteiger charge is -2.14. The van der Waals surface area contributed by atoms with Crippen LogP contribution in [-0.4, -0.2) is 67.3 Å². The van der Waals surface area contributed by atoms with Gasteiger partial charge in [-0.25, -0.2) is 4.79 Å². The van der Waals surface area contributed by atoms with Crippen LogP contribution in [0.1, 0.15) is 39.0 Å². The zero-order valence-corrected chi connectivity index (χ0v) is 13.9. The monoisotopic (exact) mass is 322 g/mol. The van der Waals surface area contributed by atoms with Gasteiger partial charge in [-0.05, 0) is 32.4 Å². The summed E-state index contributed by atoms with van der Waals surface area (Å²) < 4.78 is 10.00. The molecule has 2 rings (SSSR count). The Morgan fingerprint density at radius 3 is 2.70 bits per heavy atom. The Labute approximate surface area is 138 Å². The van der Waals surface area contributed by atoms with Crippen LogP contribution < -0.4 is 0 Å². The number of carbonyl (C=O) groups excluding carboxylic acids is 2. The molecule has 1 atom stereocenters. The highest BCUT2D eigenvalue weighted by atomic mass is 16.7. The van der Waals surface area contributed by atoms with Crippen LogP contribution in [0.3, 0.4) is 0 Å². The first-order chi connectivity index (χ1) is 11.2. The Balaban J connectivity index is 1.67. The van der Waals surface area contributed by atoms with E-state index in [0.717, 1.165) is 32.5 Å². The summed E-state index contributed by atoms with van der Waals surface area (Å²) >= 11 is 0. The van der Waals surface area contributed by atoms with Crippen LogP contribution in [0, 0.1) is 11.8 Å². The normalized spacial score (nSPS) is 21.2. The van der Waals surface area contributed by atoms with Crippen LogP contribution in [0.2, 0.25) is 0 Å². The summed E-state index contributed by atoms with van der Waals surface area (Å²) in [4.78, 5) is 27.6. The maximum atomic E-state index is 12.1. The first-order valence-corrected chi connectivity index (χ1v) is 8.51. The zero-order valence-electron chi connectivity index (χ0n) is 13.9. The first-order valence-electron chi connectivity index (χ1n) is 8.51. The van der Waals surface area contributed by atoms with Gasteiger partial charge < -0.3 is 14.4 Å². The number of nitrogens with zero attached hydrogens (tertiary/aromatic N) is 2. The summed E-state index contributed by atoms with van der Waals surface area (Å²) in [5, 5.41) is 0. The van der Waals surface area contributed by atoms with E-state index in [2.05, 4.69) is 16.7 Å². The SMILES string of the molecule is CCCCOC(=O)O[C@@H]1CCN(CC#CCN2CCCC2)C1=O. The highest BCUT2D eigenvalue weighted by Gasteiger charge is 2.34. The van der Waals surface area contributed by atoms with E-state index in [1.54, 1.807) is 4.90 Å². The molecule has 0 aromatic heterocycles. The van der Waals surface area contributed by atoms with Crippen molar-refractivity contribution >= 4 is 12.1 Å². The van der Waals surface area contributed by atoms with E-state index in [1.807, 2.05) is 6.92 Å². The lowest BCUT2D eigenvalue weighted by atomic mass is 10.3. The molecule has 2 saturated heterocycles. The molecule has 0 saturated carbocycles. The molecule has 6 nitrogen and oxygen atoms in total. The molecule has 0 unspecified atom stereocenters. The van der Waals surface area contributed by atoms with Gasteiger partial charge in [0.05, 0.1) is 19.7 Å². The van der Waals surface area contributed by atoms with E-state index in [1.165, 1.54) is 12.8 Å². The molecular weight excluding hydrogens is 296 g/mol. The van der Waals surface area contributed by atoms with Gasteiger partial charge in [-0.3, -0.25) is 9.69 Å². The minimum atomic E-state index is -0.751. The summed E-state index contributed by atoms with van der Waals surface area (Å²) in [5.41, 5.74) is 0. The molecule has 1 amide bonds. The summed E-state index contributed by atoms with van der Waals surface area (Å²) in [6.45, 7) is 6.33. The molecule has 0 radical (unpaired) electrons. The van der Waals surface area contributed by atoms with Crippen molar-refractivity contribution in [2.45, 2.75) is 45.1 Å². The van der Waals surface area contributed by atoms with Crippen molar-refractivity contribution in [1.82, 2.24) is 9.80 Å². The lowest BCUT2D eigenvalue weighted by Crippen LogP contribution is -2.32. The number of unbranched alkanes of at least 4 members (excludes halogenated alkanes) is 1. The van der Waals surface area contributed by atoms with Gasteiger partial charge in [-0.15, -0.1) is 0 Å². The zero-order chi connectivity index (χ0) is 16.5. The molecule has 0 aromatic rings. The van der Waals surface area contributed by atoms with E-state index >= 15 is 0 Å². The number of hydrogen-bond donors (Lipinski definition) is 0. The van der Waals surface area contributed by atoms with E-state index in [0.29, 0.717) is 26.1 Å². The molecule has 2 fully saturated rings. The Morgan fingerprint density at radius 1 is 1.22 bits per heavy atom. The predicted molar refractivity (Wildman–Crippen MR) is 85.8 cm³/mol. The molecule has 128 valence electrons. The lowest BCUT2D eigenvalue weighted by molar-refractivity contribution is -0.135. The number of likely N-dealkylation sites (tertiary alicyclic amines) is 2. The van der Waals surface area contributed by atoms with Crippen LogP contribution in [0.5, 0.6) is 0 Å². The molecular formula is C17H26N2O4. The first kappa shape index (κ1) is 17.6. The van der Waals surface area contributed by atoms with Crippen molar-refractivity contribution in [3.8, 4) is 11.8 Å². The minimum Gasteiger partial charge on any atom is -0.434 e. The highest BCUT2D eigenvalue weighted by Crippen LogP contribution is 2.15. The number of ether oxygens (including phenoxy) is 2. The molecule has 0 bridgehead atoms. The summed E-state index contributed by atoms with van der Waals surface area (Å²) in [6.07, 6.45) is 3.28. The van der Waals surface area contributed by atoms with E-state index < -0.39 is 12.3 Å². The second-order valence-electron chi connectivity index (χ2n) is 5.94. The second-order valence-corrected chi connectivity index (χ2v) is 5.94. The van der Waals surface area contributed by atoms with E-state index in [-0.39, 0.29) is 5.91 Å². The Morgan fingerprint density at radius 2 is 1.96 bits per heavy atom. The van der Waals surface area contributed by atoms with Gasteiger partial charge in [0, 0.05) is 13.0 Å². The molecule has 2 aliphatic rings. The number of carbonyl (C=O) groups is 2. The fourth-order valence-corrected chi connectivity index (χ4v) is 2.69. The van der Waals surface area contributed by atoms with Crippen LogP contribution >= 0.6 is 0 Å². The fourth-order valence-electron chi connectivity index (χ4n) is 2.69. The maximum Gasteiger partial charge on any atom is 0.509 e. The van der Waals surface area contributed by atoms with Crippen molar-refractivity contribution < 1.29 is 19.1 Å². The van der Waals surface area contributed by atoms with Crippen molar-refractivity contribution in [1.29, 1.82) is 0 Å². The Bertz CT molecular complexity index is 463. The van der Waals surface area contributed by atoms with E-state index in [4.69, 9.17) is 9.47 Å².